The summed E-state index contributed by atoms with van der Waals surface area (Å²) in [6.07, 6.45) is 6.12. The molecule has 0 unspecified atom stereocenters. The molecule has 3 rings (SSSR count). The summed E-state index contributed by atoms with van der Waals surface area (Å²) in [5.41, 5.74) is 7.51. The van der Waals surface area contributed by atoms with E-state index in [-0.39, 0.29) is 5.56 Å². The van der Waals surface area contributed by atoms with Gasteiger partial charge in [0, 0.05) is 11.5 Å². The van der Waals surface area contributed by atoms with Crippen molar-refractivity contribution in [1.29, 1.82) is 5.26 Å². The van der Waals surface area contributed by atoms with Crippen molar-refractivity contribution >= 4 is 16.3 Å². The van der Waals surface area contributed by atoms with Gasteiger partial charge in [0.1, 0.15) is 22.6 Å². The molecule has 1 saturated carbocycles. The summed E-state index contributed by atoms with van der Waals surface area (Å²) in [6.45, 7) is 0. The minimum absolute atomic E-state index is 0.0270. The lowest BCUT2D eigenvalue weighted by atomic mass is 9.90. The molecule has 0 spiro atoms. The fourth-order valence-corrected chi connectivity index (χ4v) is 3.86. The second kappa shape index (κ2) is 5.82. The zero-order valence-electron chi connectivity index (χ0n) is 11.6. The van der Waals surface area contributed by atoms with Crippen LogP contribution >= 0.6 is 11.3 Å². The maximum absolute atomic E-state index is 13.4. The Hall–Kier alpha value is -1.93. The van der Waals surface area contributed by atoms with Crippen LogP contribution in [0.5, 0.6) is 0 Å². The average Bonchev–Trinajstić information content (AvgIpc) is 2.91. The first kappa shape index (κ1) is 14.0. The van der Waals surface area contributed by atoms with Crippen LogP contribution in [-0.2, 0) is 0 Å². The van der Waals surface area contributed by atoms with Crippen LogP contribution < -0.4 is 5.73 Å². The monoisotopic (exact) mass is 301 g/mol. The van der Waals surface area contributed by atoms with Gasteiger partial charge in [-0.3, -0.25) is 0 Å². The molecule has 1 aliphatic rings. The van der Waals surface area contributed by atoms with Crippen LogP contribution in [0.2, 0.25) is 0 Å². The Bertz CT molecular complexity index is 696. The molecular weight excluding hydrogens is 285 g/mol. The molecule has 1 aromatic carbocycles. The van der Waals surface area contributed by atoms with Crippen LogP contribution in [0.4, 0.5) is 9.39 Å². The lowest BCUT2D eigenvalue weighted by molar-refractivity contribution is 0.442. The fraction of sp³-hybridized carbons (Fsp3) is 0.375. The van der Waals surface area contributed by atoms with E-state index >= 15 is 0 Å². The number of hydrogen-bond acceptors (Lipinski definition) is 4. The SMILES string of the molecule is N#Cc1cc(-c2nc(C3CCCCC3)sc2N)ccc1F. The summed E-state index contributed by atoms with van der Waals surface area (Å²) in [5, 5.41) is 10.6. The minimum atomic E-state index is -0.512. The molecule has 0 radical (unpaired) electrons. The zero-order valence-corrected chi connectivity index (χ0v) is 12.4. The van der Waals surface area contributed by atoms with Crippen molar-refractivity contribution in [3.8, 4) is 17.3 Å². The van der Waals surface area contributed by atoms with Gasteiger partial charge < -0.3 is 5.73 Å². The van der Waals surface area contributed by atoms with Gasteiger partial charge in [0.05, 0.1) is 10.6 Å². The quantitative estimate of drug-likeness (QED) is 0.891. The van der Waals surface area contributed by atoms with Crippen LogP contribution in [0.15, 0.2) is 18.2 Å². The summed E-state index contributed by atoms with van der Waals surface area (Å²) < 4.78 is 13.4. The number of rotatable bonds is 2. The van der Waals surface area contributed by atoms with Crippen LogP contribution in [0.3, 0.4) is 0 Å². The van der Waals surface area contributed by atoms with Crippen LogP contribution in [0.1, 0.15) is 48.6 Å². The highest BCUT2D eigenvalue weighted by atomic mass is 32.1. The highest BCUT2D eigenvalue weighted by molar-refractivity contribution is 7.16. The Morgan fingerprint density at radius 1 is 1.29 bits per heavy atom. The molecule has 2 N–H and O–H groups in total. The number of halogens is 1. The van der Waals surface area contributed by atoms with E-state index in [1.807, 2.05) is 6.07 Å². The summed E-state index contributed by atoms with van der Waals surface area (Å²) in [5.74, 6) is -0.0155. The standard InChI is InChI=1S/C16H16FN3S/c17-13-7-6-11(8-12(13)9-18)14-15(19)21-16(20-14)10-4-2-1-3-5-10/h6-8,10H,1-5,19H2. The van der Waals surface area contributed by atoms with Gasteiger partial charge in [-0.05, 0) is 31.0 Å². The van der Waals surface area contributed by atoms with E-state index in [2.05, 4.69) is 4.98 Å². The number of nitrogens with zero attached hydrogens (tertiary/aromatic N) is 2. The topological polar surface area (TPSA) is 62.7 Å². The van der Waals surface area contributed by atoms with Crippen molar-refractivity contribution in [2.24, 2.45) is 0 Å². The smallest absolute Gasteiger partial charge is 0.140 e. The molecule has 0 atom stereocenters. The van der Waals surface area contributed by atoms with Gasteiger partial charge in [-0.15, -0.1) is 11.3 Å². The van der Waals surface area contributed by atoms with Crippen LogP contribution in [-0.4, -0.2) is 4.98 Å². The Morgan fingerprint density at radius 2 is 2.05 bits per heavy atom. The third kappa shape index (κ3) is 2.77. The molecule has 1 fully saturated rings. The largest absolute Gasteiger partial charge is 0.389 e. The van der Waals surface area contributed by atoms with Crippen LogP contribution in [0, 0.1) is 17.1 Å². The lowest BCUT2D eigenvalue weighted by Crippen LogP contribution is -2.03. The number of nitrogen functional groups attached to an aromatic ring is 1. The Kier molecular flexibility index (Phi) is 3.89. The van der Waals surface area contributed by atoms with Gasteiger partial charge in [0.15, 0.2) is 0 Å². The fourth-order valence-electron chi connectivity index (χ4n) is 2.84. The maximum atomic E-state index is 13.4. The number of hydrogen-bond donors (Lipinski definition) is 1. The molecule has 2 aromatic rings. The van der Waals surface area contributed by atoms with Crippen molar-refractivity contribution in [1.82, 2.24) is 4.98 Å². The number of nitriles is 1. The second-order valence-corrected chi connectivity index (χ2v) is 6.47. The molecular formula is C16H16FN3S. The number of aromatic nitrogens is 1. The van der Waals surface area contributed by atoms with E-state index in [9.17, 15) is 4.39 Å². The molecule has 0 bridgehead atoms. The third-order valence-electron chi connectivity index (χ3n) is 3.98. The first-order chi connectivity index (χ1) is 10.2. The molecule has 0 saturated heterocycles. The molecule has 1 aromatic heterocycles. The molecule has 5 heteroatoms. The van der Waals surface area contributed by atoms with Gasteiger partial charge >= 0.3 is 0 Å². The average molecular weight is 301 g/mol. The van der Waals surface area contributed by atoms with E-state index in [0.717, 1.165) is 5.01 Å². The zero-order chi connectivity index (χ0) is 14.8. The molecule has 0 amide bonds. The normalized spacial score (nSPS) is 15.8. The predicted octanol–water partition coefficient (Wildman–Crippen LogP) is 4.45. The molecule has 1 heterocycles. The Balaban J connectivity index is 1.96. The second-order valence-electron chi connectivity index (χ2n) is 5.41. The van der Waals surface area contributed by atoms with E-state index in [0.29, 0.717) is 22.2 Å². The molecule has 21 heavy (non-hydrogen) atoms. The van der Waals surface area contributed by atoms with E-state index in [4.69, 9.17) is 11.0 Å². The van der Waals surface area contributed by atoms with Gasteiger partial charge in [-0.1, -0.05) is 19.3 Å². The number of anilines is 1. The highest BCUT2D eigenvalue weighted by Gasteiger charge is 2.21. The number of benzene rings is 1. The maximum Gasteiger partial charge on any atom is 0.140 e. The Labute approximate surface area is 127 Å². The van der Waals surface area contributed by atoms with E-state index < -0.39 is 5.82 Å². The van der Waals surface area contributed by atoms with E-state index in [1.54, 1.807) is 6.07 Å². The lowest BCUT2D eigenvalue weighted by Gasteiger charge is -2.18. The summed E-state index contributed by atoms with van der Waals surface area (Å²) in [7, 11) is 0. The summed E-state index contributed by atoms with van der Waals surface area (Å²) >= 11 is 1.52. The van der Waals surface area contributed by atoms with Gasteiger partial charge in [-0.25, -0.2) is 9.37 Å². The van der Waals surface area contributed by atoms with Crippen molar-refractivity contribution in [3.63, 3.8) is 0 Å². The van der Waals surface area contributed by atoms with Crippen molar-refractivity contribution in [3.05, 3.63) is 34.6 Å². The molecule has 108 valence electrons. The number of thiazole rings is 1. The number of nitrogens with two attached hydrogens (primary N) is 1. The van der Waals surface area contributed by atoms with Gasteiger partial charge in [-0.2, -0.15) is 5.26 Å². The first-order valence-corrected chi connectivity index (χ1v) is 7.97. The molecule has 0 aliphatic heterocycles. The molecule has 3 nitrogen and oxygen atoms in total. The van der Waals surface area contributed by atoms with Crippen molar-refractivity contribution in [2.45, 2.75) is 38.0 Å². The van der Waals surface area contributed by atoms with Gasteiger partial charge in [0.25, 0.3) is 0 Å². The van der Waals surface area contributed by atoms with Gasteiger partial charge in [0.2, 0.25) is 0 Å². The summed E-state index contributed by atoms with van der Waals surface area (Å²) in [4.78, 5) is 4.67. The van der Waals surface area contributed by atoms with Crippen LogP contribution in [0.25, 0.3) is 11.3 Å². The minimum Gasteiger partial charge on any atom is -0.389 e. The first-order valence-electron chi connectivity index (χ1n) is 7.15. The molecule has 1 aliphatic carbocycles. The third-order valence-corrected chi connectivity index (χ3v) is 5.03. The predicted molar refractivity (Wildman–Crippen MR) is 82.5 cm³/mol. The highest BCUT2D eigenvalue weighted by Crippen LogP contribution is 2.39. The van der Waals surface area contributed by atoms with E-state index in [1.165, 1.54) is 55.6 Å². The van der Waals surface area contributed by atoms with Crippen molar-refractivity contribution < 1.29 is 4.39 Å². The summed E-state index contributed by atoms with van der Waals surface area (Å²) in [6, 6.07) is 6.30. The Morgan fingerprint density at radius 3 is 2.76 bits per heavy atom. The van der Waals surface area contributed by atoms with Crippen molar-refractivity contribution in [2.75, 3.05) is 5.73 Å².